The molecule has 2 rings (SSSR count). The summed E-state index contributed by atoms with van der Waals surface area (Å²) in [5.41, 5.74) is 1.82. The van der Waals surface area contributed by atoms with Crippen molar-refractivity contribution in [2.24, 2.45) is 0 Å². The van der Waals surface area contributed by atoms with Crippen LogP contribution >= 0.6 is 0 Å². The molecule has 0 aliphatic carbocycles. The standard InChI is InChI=1S/C15H17FN2O2S/c1-11-7-8-13(9-12(11)10-17-2)21(19,20)18-15-6-4-3-5-14(15)16/h3-9,17-18H,10H2,1-2H3. The smallest absolute Gasteiger partial charge is 0.261 e. The van der Waals surface area contributed by atoms with Gasteiger partial charge in [-0.2, -0.15) is 0 Å². The number of sulfonamides is 1. The number of benzene rings is 2. The van der Waals surface area contributed by atoms with Crippen molar-refractivity contribution in [2.75, 3.05) is 11.8 Å². The van der Waals surface area contributed by atoms with Crippen LogP contribution in [0.5, 0.6) is 0 Å². The van der Waals surface area contributed by atoms with Gasteiger partial charge < -0.3 is 5.32 Å². The minimum absolute atomic E-state index is 0.0618. The van der Waals surface area contributed by atoms with E-state index in [-0.39, 0.29) is 10.6 Å². The molecule has 0 saturated heterocycles. The first-order valence-corrected chi connectivity index (χ1v) is 7.94. The van der Waals surface area contributed by atoms with Crippen LogP contribution in [0.1, 0.15) is 11.1 Å². The van der Waals surface area contributed by atoms with Gasteiger partial charge in [0.1, 0.15) is 5.82 Å². The number of nitrogens with one attached hydrogen (secondary N) is 2. The Morgan fingerprint density at radius 2 is 1.86 bits per heavy atom. The van der Waals surface area contributed by atoms with Crippen molar-refractivity contribution in [3.63, 3.8) is 0 Å². The molecule has 21 heavy (non-hydrogen) atoms. The maximum Gasteiger partial charge on any atom is 0.261 e. The molecule has 2 aromatic carbocycles. The molecule has 0 amide bonds. The normalized spacial score (nSPS) is 11.4. The molecule has 0 aliphatic heterocycles. The van der Waals surface area contributed by atoms with Gasteiger partial charge in [-0.25, -0.2) is 12.8 Å². The highest BCUT2D eigenvalue weighted by Crippen LogP contribution is 2.21. The summed E-state index contributed by atoms with van der Waals surface area (Å²) in [4.78, 5) is 0.113. The van der Waals surface area contributed by atoms with E-state index in [1.165, 1.54) is 24.3 Å². The fourth-order valence-corrected chi connectivity index (χ4v) is 3.06. The summed E-state index contributed by atoms with van der Waals surface area (Å²) in [6.45, 7) is 2.47. The molecule has 0 saturated carbocycles. The molecule has 0 unspecified atom stereocenters. The van der Waals surface area contributed by atoms with Crippen LogP contribution in [-0.2, 0) is 16.6 Å². The van der Waals surface area contributed by atoms with Crippen molar-refractivity contribution in [2.45, 2.75) is 18.4 Å². The van der Waals surface area contributed by atoms with Crippen molar-refractivity contribution in [3.05, 3.63) is 59.4 Å². The maximum absolute atomic E-state index is 13.6. The van der Waals surface area contributed by atoms with E-state index in [9.17, 15) is 12.8 Å². The van der Waals surface area contributed by atoms with Gasteiger partial charge in [-0.1, -0.05) is 18.2 Å². The second-order valence-electron chi connectivity index (χ2n) is 4.70. The average Bonchev–Trinajstić information content (AvgIpc) is 2.44. The molecule has 0 fully saturated rings. The summed E-state index contributed by atoms with van der Waals surface area (Å²) in [5.74, 6) is -0.608. The lowest BCUT2D eigenvalue weighted by Gasteiger charge is -2.11. The molecule has 0 spiro atoms. The Bertz CT molecular complexity index is 745. The average molecular weight is 308 g/mol. The molecule has 0 aromatic heterocycles. The Balaban J connectivity index is 2.36. The van der Waals surface area contributed by atoms with Crippen LogP contribution in [0.25, 0.3) is 0 Å². The predicted octanol–water partition coefficient (Wildman–Crippen LogP) is 2.65. The van der Waals surface area contributed by atoms with Crippen LogP contribution in [0.4, 0.5) is 10.1 Å². The number of hydrogen-bond donors (Lipinski definition) is 2. The summed E-state index contributed by atoms with van der Waals surface area (Å²) >= 11 is 0. The first-order valence-electron chi connectivity index (χ1n) is 6.45. The van der Waals surface area contributed by atoms with Crippen molar-refractivity contribution in [3.8, 4) is 0 Å². The second kappa shape index (κ2) is 6.24. The van der Waals surface area contributed by atoms with Gasteiger partial charge >= 0.3 is 0 Å². The Morgan fingerprint density at radius 3 is 2.52 bits per heavy atom. The topological polar surface area (TPSA) is 58.2 Å². The number of hydrogen-bond acceptors (Lipinski definition) is 3. The van der Waals surface area contributed by atoms with Crippen LogP contribution in [-0.4, -0.2) is 15.5 Å². The number of para-hydroxylation sites is 1. The zero-order chi connectivity index (χ0) is 15.5. The molecular formula is C15H17FN2O2S. The minimum Gasteiger partial charge on any atom is -0.316 e. The lowest BCUT2D eigenvalue weighted by atomic mass is 10.1. The Labute approximate surface area is 124 Å². The Morgan fingerprint density at radius 1 is 1.14 bits per heavy atom. The van der Waals surface area contributed by atoms with Gasteiger partial charge in [0.2, 0.25) is 0 Å². The van der Waals surface area contributed by atoms with Gasteiger partial charge in [-0.05, 0) is 49.4 Å². The highest BCUT2D eigenvalue weighted by Gasteiger charge is 2.17. The molecule has 0 aliphatic rings. The van der Waals surface area contributed by atoms with Gasteiger partial charge in [0, 0.05) is 6.54 Å². The van der Waals surface area contributed by atoms with Gasteiger partial charge in [-0.3, -0.25) is 4.72 Å². The third-order valence-electron chi connectivity index (χ3n) is 3.12. The largest absolute Gasteiger partial charge is 0.316 e. The Kier molecular flexibility index (Phi) is 4.59. The molecule has 2 N–H and O–H groups in total. The number of halogens is 1. The van der Waals surface area contributed by atoms with E-state index in [1.54, 1.807) is 25.2 Å². The number of anilines is 1. The summed E-state index contributed by atoms with van der Waals surface area (Å²) in [6, 6.07) is 10.5. The van der Waals surface area contributed by atoms with Gasteiger partial charge in [0.25, 0.3) is 10.0 Å². The van der Waals surface area contributed by atoms with Gasteiger partial charge in [0.15, 0.2) is 0 Å². The van der Waals surface area contributed by atoms with Crippen LogP contribution in [0.2, 0.25) is 0 Å². The van der Waals surface area contributed by atoms with Crippen molar-refractivity contribution >= 4 is 15.7 Å². The van der Waals surface area contributed by atoms with E-state index in [2.05, 4.69) is 10.0 Å². The molecule has 112 valence electrons. The molecule has 2 aromatic rings. The van der Waals surface area contributed by atoms with Crippen LogP contribution in [0.3, 0.4) is 0 Å². The third-order valence-corrected chi connectivity index (χ3v) is 4.48. The molecular weight excluding hydrogens is 291 g/mol. The number of aryl methyl sites for hydroxylation is 1. The maximum atomic E-state index is 13.6. The summed E-state index contributed by atoms with van der Waals surface area (Å²) < 4.78 is 40.5. The zero-order valence-electron chi connectivity index (χ0n) is 11.9. The Hall–Kier alpha value is -1.92. The molecule has 6 heteroatoms. The van der Waals surface area contributed by atoms with Crippen LogP contribution < -0.4 is 10.0 Å². The first-order chi connectivity index (χ1) is 9.94. The lowest BCUT2D eigenvalue weighted by Crippen LogP contribution is -2.15. The van der Waals surface area contributed by atoms with Gasteiger partial charge in [0.05, 0.1) is 10.6 Å². The van der Waals surface area contributed by atoms with Crippen molar-refractivity contribution in [1.29, 1.82) is 0 Å². The quantitative estimate of drug-likeness (QED) is 0.893. The van der Waals surface area contributed by atoms with E-state index in [0.717, 1.165) is 11.1 Å². The van der Waals surface area contributed by atoms with Crippen molar-refractivity contribution in [1.82, 2.24) is 5.32 Å². The first kappa shape index (κ1) is 15.5. The van der Waals surface area contributed by atoms with Gasteiger partial charge in [-0.15, -0.1) is 0 Å². The highest BCUT2D eigenvalue weighted by molar-refractivity contribution is 7.92. The van der Waals surface area contributed by atoms with Crippen molar-refractivity contribution < 1.29 is 12.8 Å². The molecule has 4 nitrogen and oxygen atoms in total. The minimum atomic E-state index is -3.81. The summed E-state index contributed by atoms with van der Waals surface area (Å²) in [6.07, 6.45) is 0. The van der Waals surface area contributed by atoms with E-state index in [4.69, 9.17) is 0 Å². The molecule has 0 bridgehead atoms. The zero-order valence-corrected chi connectivity index (χ0v) is 12.7. The highest BCUT2D eigenvalue weighted by atomic mass is 32.2. The fourth-order valence-electron chi connectivity index (χ4n) is 1.94. The third kappa shape index (κ3) is 3.59. The molecule has 0 heterocycles. The molecule has 0 atom stereocenters. The van der Waals surface area contributed by atoms with E-state index in [0.29, 0.717) is 6.54 Å². The fraction of sp³-hybridized carbons (Fsp3) is 0.200. The van der Waals surface area contributed by atoms with Crippen LogP contribution in [0, 0.1) is 12.7 Å². The summed E-state index contributed by atoms with van der Waals surface area (Å²) in [5, 5.41) is 2.99. The van der Waals surface area contributed by atoms with E-state index >= 15 is 0 Å². The number of rotatable bonds is 5. The monoisotopic (exact) mass is 308 g/mol. The lowest BCUT2D eigenvalue weighted by molar-refractivity contribution is 0.598. The summed E-state index contributed by atoms with van der Waals surface area (Å²) in [7, 11) is -2.02. The van der Waals surface area contributed by atoms with E-state index < -0.39 is 15.8 Å². The predicted molar refractivity (Wildman–Crippen MR) is 81.2 cm³/mol. The van der Waals surface area contributed by atoms with E-state index in [1.807, 2.05) is 6.92 Å². The SMILES string of the molecule is CNCc1cc(S(=O)(=O)Nc2ccccc2F)ccc1C. The second-order valence-corrected chi connectivity index (χ2v) is 6.39. The molecule has 0 radical (unpaired) electrons. The van der Waals surface area contributed by atoms with Crippen LogP contribution in [0.15, 0.2) is 47.4 Å².